The van der Waals surface area contributed by atoms with Crippen LogP contribution in [0.2, 0.25) is 0 Å². The maximum atomic E-state index is 13.4. The van der Waals surface area contributed by atoms with E-state index in [0.717, 1.165) is 20.8 Å². The number of thioether (sulfide) groups is 1. The lowest BCUT2D eigenvalue weighted by molar-refractivity contribution is 0.0983. The predicted molar refractivity (Wildman–Crippen MR) is 121 cm³/mol. The van der Waals surface area contributed by atoms with Crippen LogP contribution in [0.25, 0.3) is 10.2 Å². The number of fused-ring (bicyclic) bond motifs is 1. The highest BCUT2D eigenvalue weighted by Crippen LogP contribution is 2.35. The van der Waals surface area contributed by atoms with Gasteiger partial charge in [-0.1, -0.05) is 17.4 Å². The summed E-state index contributed by atoms with van der Waals surface area (Å²) in [7, 11) is 3.95. The van der Waals surface area contributed by atoms with Crippen LogP contribution in [-0.2, 0) is 6.54 Å². The molecule has 0 unspecified atom stereocenters. The number of carbonyl (C=O) groups is 1. The molecule has 0 aliphatic carbocycles. The quantitative estimate of drug-likeness (QED) is 0.382. The Morgan fingerprint density at radius 1 is 1.10 bits per heavy atom. The van der Waals surface area contributed by atoms with Crippen molar-refractivity contribution in [2.45, 2.75) is 11.4 Å². The van der Waals surface area contributed by atoms with Crippen molar-refractivity contribution in [3.05, 3.63) is 72.2 Å². The number of thiazole rings is 1. The van der Waals surface area contributed by atoms with E-state index >= 15 is 0 Å². The van der Waals surface area contributed by atoms with Crippen LogP contribution in [0.15, 0.2) is 70.2 Å². The number of furan rings is 1. The van der Waals surface area contributed by atoms with E-state index in [-0.39, 0.29) is 5.91 Å². The highest BCUT2D eigenvalue weighted by Gasteiger charge is 2.23. The number of amides is 1. The lowest BCUT2D eigenvalue weighted by Gasteiger charge is -2.19. The smallest absolute Gasteiger partial charge is 0.260 e. The van der Waals surface area contributed by atoms with Gasteiger partial charge in [0, 0.05) is 30.2 Å². The van der Waals surface area contributed by atoms with E-state index in [1.807, 2.05) is 73.8 Å². The van der Waals surface area contributed by atoms with Gasteiger partial charge in [0.25, 0.3) is 5.91 Å². The molecule has 0 spiro atoms. The summed E-state index contributed by atoms with van der Waals surface area (Å²) >= 11 is 3.17. The molecule has 0 atom stereocenters. The van der Waals surface area contributed by atoms with Crippen molar-refractivity contribution in [2.24, 2.45) is 0 Å². The van der Waals surface area contributed by atoms with Crippen molar-refractivity contribution < 1.29 is 9.21 Å². The van der Waals surface area contributed by atoms with E-state index in [9.17, 15) is 4.79 Å². The zero-order valence-corrected chi connectivity index (χ0v) is 18.1. The van der Waals surface area contributed by atoms with Gasteiger partial charge in [0.05, 0.1) is 23.0 Å². The molecule has 0 saturated carbocycles. The van der Waals surface area contributed by atoms with E-state index in [1.54, 1.807) is 22.9 Å². The Kier molecular flexibility index (Phi) is 5.60. The predicted octanol–water partition coefficient (Wildman–Crippen LogP) is 5.52. The number of nitrogens with zero attached hydrogens (tertiary/aromatic N) is 3. The minimum atomic E-state index is -0.100. The Bertz CT molecular complexity index is 1120. The van der Waals surface area contributed by atoms with Gasteiger partial charge in [-0.05, 0) is 54.8 Å². The van der Waals surface area contributed by atoms with Gasteiger partial charge in [0.15, 0.2) is 5.13 Å². The summed E-state index contributed by atoms with van der Waals surface area (Å²) in [6.45, 7) is 0.329. The highest BCUT2D eigenvalue weighted by molar-refractivity contribution is 7.98. The fourth-order valence-electron chi connectivity index (χ4n) is 3.03. The lowest BCUT2D eigenvalue weighted by atomic mass is 10.1. The van der Waals surface area contributed by atoms with Crippen molar-refractivity contribution in [3.63, 3.8) is 0 Å². The number of carbonyl (C=O) groups excluding carboxylic acids is 1. The fraction of sp³-hybridized carbons (Fsp3) is 0.182. The van der Waals surface area contributed by atoms with Gasteiger partial charge >= 0.3 is 0 Å². The summed E-state index contributed by atoms with van der Waals surface area (Å²) in [6.07, 6.45) is 3.65. The second-order valence-corrected chi connectivity index (χ2v) is 8.57. The highest BCUT2D eigenvalue weighted by atomic mass is 32.2. The topological polar surface area (TPSA) is 49.6 Å². The van der Waals surface area contributed by atoms with Crippen LogP contribution in [0, 0.1) is 0 Å². The monoisotopic (exact) mass is 423 g/mol. The lowest BCUT2D eigenvalue weighted by Crippen LogP contribution is -2.30. The summed E-state index contributed by atoms with van der Waals surface area (Å²) in [5.74, 6) is 0.615. The third-order valence-corrected chi connectivity index (χ3v) is 6.40. The molecule has 0 N–H and O–H groups in total. The number of anilines is 2. The molecule has 1 amide bonds. The van der Waals surface area contributed by atoms with Crippen LogP contribution >= 0.6 is 23.1 Å². The summed E-state index contributed by atoms with van der Waals surface area (Å²) in [5, 5.41) is 0.666. The van der Waals surface area contributed by atoms with Crippen molar-refractivity contribution in [3.8, 4) is 0 Å². The summed E-state index contributed by atoms with van der Waals surface area (Å²) < 4.78 is 6.58. The summed E-state index contributed by atoms with van der Waals surface area (Å²) in [6, 6.07) is 17.4. The molecule has 0 saturated heterocycles. The van der Waals surface area contributed by atoms with E-state index in [1.165, 1.54) is 11.3 Å². The van der Waals surface area contributed by atoms with E-state index in [4.69, 9.17) is 9.40 Å². The van der Waals surface area contributed by atoms with Crippen LogP contribution < -0.4 is 9.80 Å². The third kappa shape index (κ3) is 4.02. The minimum absolute atomic E-state index is 0.100. The van der Waals surface area contributed by atoms with Gasteiger partial charge in [0.1, 0.15) is 5.76 Å². The van der Waals surface area contributed by atoms with E-state index < -0.39 is 0 Å². The van der Waals surface area contributed by atoms with Crippen molar-refractivity contribution >= 4 is 50.0 Å². The number of aromatic nitrogens is 1. The molecule has 7 heteroatoms. The van der Waals surface area contributed by atoms with Crippen molar-refractivity contribution in [1.29, 1.82) is 0 Å². The molecule has 0 aliphatic rings. The molecular formula is C22H21N3O2S2. The Hall–Kier alpha value is -2.77. The number of hydrogen-bond donors (Lipinski definition) is 0. The molecule has 29 heavy (non-hydrogen) atoms. The number of para-hydroxylation sites is 1. The Morgan fingerprint density at radius 3 is 2.55 bits per heavy atom. The van der Waals surface area contributed by atoms with Crippen molar-refractivity contribution in [1.82, 2.24) is 4.98 Å². The molecule has 4 rings (SSSR count). The first kappa shape index (κ1) is 19.5. The first-order chi connectivity index (χ1) is 14.1. The molecule has 5 nitrogen and oxygen atoms in total. The van der Waals surface area contributed by atoms with Crippen LogP contribution in [0.1, 0.15) is 16.1 Å². The molecule has 0 fully saturated rings. The largest absolute Gasteiger partial charge is 0.467 e. The second-order valence-electron chi connectivity index (χ2n) is 6.72. The van der Waals surface area contributed by atoms with Crippen molar-refractivity contribution in [2.75, 3.05) is 30.2 Å². The van der Waals surface area contributed by atoms with Gasteiger partial charge in [-0.3, -0.25) is 9.69 Å². The molecule has 2 aromatic heterocycles. The average molecular weight is 424 g/mol. The SMILES string of the molecule is CSc1cccc2sc(N(Cc3ccco3)C(=O)c3ccc(N(C)C)cc3)nc12. The Labute approximate surface area is 178 Å². The standard InChI is InChI=1S/C22H21N3O2S2/c1-24(2)16-11-9-15(10-12-16)21(26)25(14-17-6-5-13-27-17)22-23-20-18(28-3)7-4-8-19(20)29-22/h4-13H,14H2,1-3H3. The number of benzene rings is 2. The Balaban J connectivity index is 1.74. The van der Waals surface area contributed by atoms with Gasteiger partial charge in [-0.25, -0.2) is 4.98 Å². The van der Waals surface area contributed by atoms with Gasteiger partial charge in [0.2, 0.25) is 0 Å². The van der Waals surface area contributed by atoms with Crippen LogP contribution in [-0.4, -0.2) is 31.2 Å². The zero-order valence-electron chi connectivity index (χ0n) is 16.5. The first-order valence-corrected chi connectivity index (χ1v) is 11.2. The zero-order chi connectivity index (χ0) is 20.4. The van der Waals surface area contributed by atoms with Crippen LogP contribution in [0.5, 0.6) is 0 Å². The number of rotatable bonds is 6. The van der Waals surface area contributed by atoms with Gasteiger partial charge < -0.3 is 9.32 Å². The molecule has 0 aliphatic heterocycles. The maximum absolute atomic E-state index is 13.4. The molecule has 0 radical (unpaired) electrons. The Morgan fingerprint density at radius 2 is 1.90 bits per heavy atom. The van der Waals surface area contributed by atoms with Crippen LogP contribution in [0.3, 0.4) is 0 Å². The minimum Gasteiger partial charge on any atom is -0.467 e. The first-order valence-electron chi connectivity index (χ1n) is 9.12. The van der Waals surface area contributed by atoms with E-state index in [2.05, 4.69) is 6.07 Å². The maximum Gasteiger partial charge on any atom is 0.260 e. The molecule has 0 bridgehead atoms. The molecule has 148 valence electrons. The molecule has 4 aromatic rings. The second kappa shape index (κ2) is 8.31. The van der Waals surface area contributed by atoms with Gasteiger partial charge in [-0.2, -0.15) is 0 Å². The average Bonchev–Trinajstić information content (AvgIpc) is 3.40. The molecule has 2 heterocycles. The summed E-state index contributed by atoms with van der Waals surface area (Å²) in [4.78, 5) is 23.0. The number of hydrogen-bond acceptors (Lipinski definition) is 6. The molecular weight excluding hydrogens is 402 g/mol. The summed E-state index contributed by atoms with van der Waals surface area (Å²) in [5.41, 5.74) is 2.59. The fourth-order valence-corrected chi connectivity index (χ4v) is 4.65. The normalized spacial score (nSPS) is 11.0. The van der Waals surface area contributed by atoms with Gasteiger partial charge in [-0.15, -0.1) is 11.8 Å². The molecule has 2 aromatic carbocycles. The van der Waals surface area contributed by atoms with Crippen LogP contribution in [0.4, 0.5) is 10.8 Å². The third-order valence-electron chi connectivity index (χ3n) is 4.59. The van der Waals surface area contributed by atoms with E-state index in [0.29, 0.717) is 23.0 Å².